The number of amides is 3. The normalized spacial score (nSPS) is 10.4. The van der Waals surface area contributed by atoms with Gasteiger partial charge in [0.15, 0.2) is 5.76 Å². The summed E-state index contributed by atoms with van der Waals surface area (Å²) < 4.78 is 23.8. The third kappa shape index (κ3) is 4.44. The highest BCUT2D eigenvalue weighted by atomic mass is 32.2. The molecule has 8 nitrogen and oxygen atoms in total. The van der Waals surface area contributed by atoms with E-state index in [1.54, 1.807) is 18.2 Å². The summed E-state index contributed by atoms with van der Waals surface area (Å²) in [6.07, 6.45) is 1.47. The van der Waals surface area contributed by atoms with Crippen LogP contribution in [0, 0.1) is 5.82 Å². The van der Waals surface area contributed by atoms with Gasteiger partial charge in [-0.25, -0.2) is 9.18 Å². The summed E-state index contributed by atoms with van der Waals surface area (Å²) in [5.41, 5.74) is -0.0274. The lowest BCUT2D eigenvalue weighted by Crippen LogP contribution is -2.35. The first-order valence-corrected chi connectivity index (χ1v) is 7.96. The number of nitrogens with zero attached hydrogens (tertiary/aromatic N) is 2. The maximum absolute atomic E-state index is 13.4. The first-order valence-electron chi connectivity index (χ1n) is 6.97. The van der Waals surface area contributed by atoms with Crippen molar-refractivity contribution in [3.8, 4) is 11.7 Å². The maximum Gasteiger partial charge on any atom is 0.325 e. The van der Waals surface area contributed by atoms with Crippen LogP contribution in [-0.4, -0.2) is 27.9 Å². The van der Waals surface area contributed by atoms with Crippen molar-refractivity contribution in [1.82, 2.24) is 15.5 Å². The molecule has 0 spiro atoms. The summed E-state index contributed by atoms with van der Waals surface area (Å²) in [4.78, 5) is 23.4. The van der Waals surface area contributed by atoms with Crippen molar-refractivity contribution in [2.75, 3.05) is 11.1 Å². The molecule has 0 atom stereocenters. The lowest BCUT2D eigenvalue weighted by atomic mass is 10.3. The molecule has 0 unspecified atom stereocenters. The Bertz CT molecular complexity index is 881. The van der Waals surface area contributed by atoms with Gasteiger partial charge in [0, 0.05) is 0 Å². The Hall–Kier alpha value is -3.14. The van der Waals surface area contributed by atoms with Crippen LogP contribution >= 0.6 is 11.8 Å². The minimum atomic E-state index is -0.836. The second-order valence-corrected chi connectivity index (χ2v) is 5.55. The highest BCUT2D eigenvalue weighted by molar-refractivity contribution is 7.99. The molecule has 0 bridgehead atoms. The summed E-state index contributed by atoms with van der Waals surface area (Å²) >= 11 is 0.950. The molecular weight excluding hydrogens is 351 g/mol. The van der Waals surface area contributed by atoms with E-state index in [9.17, 15) is 14.0 Å². The van der Waals surface area contributed by atoms with Crippen LogP contribution in [0.3, 0.4) is 0 Å². The fourth-order valence-electron chi connectivity index (χ4n) is 1.77. The number of furan rings is 1. The van der Waals surface area contributed by atoms with Crippen molar-refractivity contribution >= 4 is 29.4 Å². The van der Waals surface area contributed by atoms with Crippen molar-refractivity contribution in [2.45, 2.75) is 5.22 Å². The molecular formula is C15H11FN4O4S. The molecule has 1 aromatic carbocycles. The zero-order valence-electron chi connectivity index (χ0n) is 12.6. The van der Waals surface area contributed by atoms with Gasteiger partial charge in [-0.3, -0.25) is 10.1 Å². The van der Waals surface area contributed by atoms with Gasteiger partial charge < -0.3 is 14.2 Å². The fraction of sp³-hybridized carbons (Fsp3) is 0.0667. The standard InChI is InChI=1S/C15H11FN4O4S/c16-9-4-1-2-5-10(9)17-14(22)18-12(21)8-25-15-20-19-13(24-15)11-6-3-7-23-11/h1-7H,8H2,(H2,17,18,21,22). The summed E-state index contributed by atoms with van der Waals surface area (Å²) in [5.74, 6) is -0.740. The molecule has 0 saturated heterocycles. The van der Waals surface area contributed by atoms with Crippen LogP contribution in [0.1, 0.15) is 0 Å². The van der Waals surface area contributed by atoms with Crippen LogP contribution in [-0.2, 0) is 4.79 Å². The number of hydrogen-bond donors (Lipinski definition) is 2. The van der Waals surface area contributed by atoms with Crippen LogP contribution < -0.4 is 10.6 Å². The lowest BCUT2D eigenvalue weighted by molar-refractivity contribution is -0.117. The number of nitrogens with one attached hydrogen (secondary N) is 2. The zero-order chi connectivity index (χ0) is 17.6. The Morgan fingerprint density at radius 2 is 2.00 bits per heavy atom. The third-order valence-corrected chi connectivity index (χ3v) is 3.66. The molecule has 0 fully saturated rings. The second kappa shape index (κ2) is 7.62. The third-order valence-electron chi connectivity index (χ3n) is 2.84. The number of hydrogen-bond acceptors (Lipinski definition) is 7. The number of thioether (sulfide) groups is 1. The van der Waals surface area contributed by atoms with Crippen molar-refractivity contribution < 1.29 is 22.8 Å². The van der Waals surface area contributed by atoms with E-state index in [-0.39, 0.29) is 22.6 Å². The lowest BCUT2D eigenvalue weighted by Gasteiger charge is -2.06. The van der Waals surface area contributed by atoms with E-state index < -0.39 is 17.8 Å². The van der Waals surface area contributed by atoms with Crippen LogP contribution in [0.5, 0.6) is 0 Å². The predicted octanol–water partition coefficient (Wildman–Crippen LogP) is 2.91. The first-order chi connectivity index (χ1) is 12.1. The van der Waals surface area contributed by atoms with E-state index in [4.69, 9.17) is 8.83 Å². The van der Waals surface area contributed by atoms with E-state index in [0.29, 0.717) is 5.76 Å². The van der Waals surface area contributed by atoms with Gasteiger partial charge in [-0.15, -0.1) is 10.2 Å². The highest BCUT2D eigenvalue weighted by Gasteiger charge is 2.14. The number of rotatable bonds is 5. The Labute approximate surface area is 144 Å². The monoisotopic (exact) mass is 362 g/mol. The Balaban J connectivity index is 1.48. The molecule has 3 amide bonds. The number of urea groups is 1. The van der Waals surface area contributed by atoms with Gasteiger partial charge in [0.25, 0.3) is 11.1 Å². The molecule has 10 heteroatoms. The van der Waals surface area contributed by atoms with E-state index in [2.05, 4.69) is 20.8 Å². The molecule has 3 aromatic rings. The molecule has 2 N–H and O–H groups in total. The summed E-state index contributed by atoms with van der Waals surface area (Å²) in [6.45, 7) is 0. The minimum absolute atomic E-state index is 0.0274. The fourth-order valence-corrected chi connectivity index (χ4v) is 2.34. The van der Waals surface area contributed by atoms with Gasteiger partial charge in [0.2, 0.25) is 5.91 Å². The average molecular weight is 362 g/mol. The van der Waals surface area contributed by atoms with Crippen molar-refractivity contribution in [3.63, 3.8) is 0 Å². The molecule has 2 aromatic heterocycles. The summed E-state index contributed by atoms with van der Waals surface area (Å²) in [6, 6.07) is 8.11. The number of aromatic nitrogens is 2. The van der Waals surface area contributed by atoms with Gasteiger partial charge >= 0.3 is 6.03 Å². The van der Waals surface area contributed by atoms with Crippen LogP contribution in [0.25, 0.3) is 11.7 Å². The van der Waals surface area contributed by atoms with Crippen LogP contribution in [0.2, 0.25) is 0 Å². The summed E-state index contributed by atoms with van der Waals surface area (Å²) in [5, 5.41) is 12.0. The molecule has 25 heavy (non-hydrogen) atoms. The molecule has 2 heterocycles. The van der Waals surface area contributed by atoms with Crippen LogP contribution in [0.4, 0.5) is 14.9 Å². The number of benzene rings is 1. The van der Waals surface area contributed by atoms with Gasteiger partial charge in [0.05, 0.1) is 17.7 Å². The largest absolute Gasteiger partial charge is 0.459 e. The van der Waals surface area contributed by atoms with E-state index in [1.807, 2.05) is 0 Å². The number of carbonyl (C=O) groups excluding carboxylic acids is 2. The van der Waals surface area contributed by atoms with Gasteiger partial charge in [-0.2, -0.15) is 0 Å². The smallest absolute Gasteiger partial charge is 0.325 e. The zero-order valence-corrected chi connectivity index (χ0v) is 13.4. The number of imide groups is 1. The minimum Gasteiger partial charge on any atom is -0.459 e. The van der Waals surface area contributed by atoms with Gasteiger partial charge in [0.1, 0.15) is 5.82 Å². The number of halogens is 1. The molecule has 0 aliphatic heterocycles. The quantitative estimate of drug-likeness (QED) is 0.671. The van der Waals surface area contributed by atoms with Crippen LogP contribution in [0.15, 0.2) is 56.7 Å². The topological polar surface area (TPSA) is 110 Å². The SMILES string of the molecule is O=C(CSc1nnc(-c2ccco2)o1)NC(=O)Nc1ccccc1F. The molecule has 0 saturated carbocycles. The van der Waals surface area contributed by atoms with Gasteiger partial charge in [-0.05, 0) is 24.3 Å². The van der Waals surface area contributed by atoms with E-state index >= 15 is 0 Å². The molecule has 0 radical (unpaired) electrons. The average Bonchev–Trinajstić information content (AvgIpc) is 3.26. The number of carbonyl (C=O) groups is 2. The van der Waals surface area contributed by atoms with Crippen molar-refractivity contribution in [3.05, 3.63) is 48.5 Å². The summed E-state index contributed by atoms with van der Waals surface area (Å²) in [7, 11) is 0. The Kier molecular flexibility index (Phi) is 5.09. The second-order valence-electron chi connectivity index (χ2n) is 4.62. The molecule has 0 aliphatic rings. The predicted molar refractivity (Wildman–Crippen MR) is 86.3 cm³/mol. The van der Waals surface area contributed by atoms with Crippen molar-refractivity contribution in [2.24, 2.45) is 0 Å². The molecule has 3 rings (SSSR count). The van der Waals surface area contributed by atoms with Crippen molar-refractivity contribution in [1.29, 1.82) is 0 Å². The highest BCUT2D eigenvalue weighted by Crippen LogP contribution is 2.23. The number of para-hydroxylation sites is 1. The van der Waals surface area contributed by atoms with E-state index in [1.165, 1.54) is 24.5 Å². The van der Waals surface area contributed by atoms with Gasteiger partial charge in [-0.1, -0.05) is 23.9 Å². The van der Waals surface area contributed by atoms with E-state index in [0.717, 1.165) is 11.8 Å². The first kappa shape index (κ1) is 16.7. The molecule has 128 valence electrons. The maximum atomic E-state index is 13.4. The Morgan fingerprint density at radius 3 is 2.76 bits per heavy atom. The Morgan fingerprint density at radius 1 is 1.16 bits per heavy atom. The number of anilines is 1. The molecule has 0 aliphatic carbocycles.